The van der Waals surface area contributed by atoms with Crippen molar-refractivity contribution in [1.82, 2.24) is 9.88 Å². The molecule has 136 valence electrons. The molecule has 0 aliphatic carbocycles. The van der Waals surface area contributed by atoms with E-state index in [9.17, 15) is 14.7 Å². The van der Waals surface area contributed by atoms with Gasteiger partial charge in [-0.3, -0.25) is 9.59 Å². The van der Waals surface area contributed by atoms with Crippen LogP contribution >= 0.6 is 23.2 Å². The highest BCUT2D eigenvalue weighted by molar-refractivity contribution is 6.42. The van der Waals surface area contributed by atoms with Gasteiger partial charge in [0.25, 0.3) is 5.91 Å². The predicted octanol–water partition coefficient (Wildman–Crippen LogP) is 3.97. The van der Waals surface area contributed by atoms with Gasteiger partial charge in [-0.1, -0.05) is 36.2 Å². The van der Waals surface area contributed by atoms with Gasteiger partial charge >= 0.3 is 5.97 Å². The zero-order valence-corrected chi connectivity index (χ0v) is 15.4. The molecule has 8 heteroatoms. The van der Waals surface area contributed by atoms with E-state index < -0.39 is 11.9 Å². The van der Waals surface area contributed by atoms with E-state index in [4.69, 9.17) is 27.9 Å². The minimum atomic E-state index is -0.881. The number of halogens is 2. The fourth-order valence-corrected chi connectivity index (χ4v) is 3.21. The molecule has 3 rings (SSSR count). The summed E-state index contributed by atoms with van der Waals surface area (Å²) in [7, 11) is 0. The number of hydrogen-bond donors (Lipinski definition) is 1. The molecule has 0 spiro atoms. The Morgan fingerprint density at radius 3 is 2.62 bits per heavy atom. The maximum atomic E-state index is 12.5. The van der Waals surface area contributed by atoms with Gasteiger partial charge in [0.05, 0.1) is 16.5 Å². The van der Waals surface area contributed by atoms with Crippen LogP contribution in [0.5, 0.6) is 11.6 Å². The molecule has 1 aliphatic rings. The number of nitrogens with zero attached hydrogens (tertiary/aromatic N) is 2. The molecule has 1 aromatic carbocycles. The van der Waals surface area contributed by atoms with E-state index >= 15 is 0 Å². The Hall–Kier alpha value is -2.31. The molecule has 2 heterocycles. The molecule has 26 heavy (non-hydrogen) atoms. The van der Waals surface area contributed by atoms with Gasteiger partial charge in [-0.05, 0) is 24.1 Å². The van der Waals surface area contributed by atoms with Crippen LogP contribution in [0.15, 0.2) is 36.5 Å². The first-order valence-electron chi connectivity index (χ1n) is 7.97. The van der Waals surface area contributed by atoms with Gasteiger partial charge < -0.3 is 14.7 Å². The molecule has 6 nitrogen and oxygen atoms in total. The molecule has 1 saturated heterocycles. The van der Waals surface area contributed by atoms with Crippen molar-refractivity contribution in [3.8, 4) is 11.6 Å². The monoisotopic (exact) mass is 394 g/mol. The quantitative estimate of drug-likeness (QED) is 0.848. The van der Waals surface area contributed by atoms with Gasteiger partial charge in [0.2, 0.25) is 5.88 Å². The molecule has 1 aromatic heterocycles. The Kier molecular flexibility index (Phi) is 5.34. The lowest BCUT2D eigenvalue weighted by Gasteiger charge is -2.16. The standard InChI is InChI=1S/C18H16Cl2N2O4/c1-10-8-22(9-12(10)18(24)25)17(23)11-5-6-15(21-7-11)26-14-4-2-3-13(19)16(14)20/h2-7,10,12H,8-9H2,1H3,(H,24,25)/t10-,12-/m1/s1. The van der Waals surface area contributed by atoms with Gasteiger partial charge in [-0.25, -0.2) is 4.98 Å². The molecular weight excluding hydrogens is 379 g/mol. The van der Waals surface area contributed by atoms with Crippen LogP contribution in [0.3, 0.4) is 0 Å². The van der Waals surface area contributed by atoms with E-state index in [0.717, 1.165) is 0 Å². The van der Waals surface area contributed by atoms with Crippen LogP contribution in [0.2, 0.25) is 10.0 Å². The third-order valence-electron chi connectivity index (χ3n) is 4.33. The Morgan fingerprint density at radius 1 is 1.23 bits per heavy atom. The smallest absolute Gasteiger partial charge is 0.308 e. The first-order chi connectivity index (χ1) is 12.4. The van der Waals surface area contributed by atoms with Crippen molar-refractivity contribution in [3.05, 3.63) is 52.1 Å². The summed E-state index contributed by atoms with van der Waals surface area (Å²) in [5.41, 5.74) is 0.368. The number of hydrogen-bond acceptors (Lipinski definition) is 4. The van der Waals surface area contributed by atoms with Gasteiger partial charge in [-0.15, -0.1) is 0 Å². The van der Waals surface area contributed by atoms with Crippen LogP contribution in [-0.2, 0) is 4.79 Å². The number of pyridine rings is 1. The van der Waals surface area contributed by atoms with Crippen molar-refractivity contribution in [2.75, 3.05) is 13.1 Å². The van der Waals surface area contributed by atoms with E-state index in [0.29, 0.717) is 22.9 Å². The second-order valence-corrected chi connectivity index (χ2v) is 6.96. The number of aromatic nitrogens is 1. The van der Waals surface area contributed by atoms with Crippen molar-refractivity contribution in [1.29, 1.82) is 0 Å². The maximum absolute atomic E-state index is 12.5. The van der Waals surface area contributed by atoms with Gasteiger partial charge in [0.15, 0.2) is 0 Å². The molecule has 0 saturated carbocycles. The van der Waals surface area contributed by atoms with Gasteiger partial charge in [-0.2, -0.15) is 0 Å². The summed E-state index contributed by atoms with van der Waals surface area (Å²) < 4.78 is 5.59. The van der Waals surface area contributed by atoms with Gasteiger partial charge in [0.1, 0.15) is 10.8 Å². The average Bonchev–Trinajstić information content (AvgIpc) is 3.01. The van der Waals surface area contributed by atoms with E-state index in [2.05, 4.69) is 4.98 Å². The summed E-state index contributed by atoms with van der Waals surface area (Å²) in [4.78, 5) is 29.4. The molecule has 1 amide bonds. The first kappa shape index (κ1) is 18.5. The van der Waals surface area contributed by atoms with Crippen molar-refractivity contribution in [2.24, 2.45) is 11.8 Å². The normalized spacial score (nSPS) is 19.4. The topological polar surface area (TPSA) is 79.7 Å². The van der Waals surface area contributed by atoms with Crippen LogP contribution < -0.4 is 4.74 Å². The van der Waals surface area contributed by atoms with Crippen molar-refractivity contribution < 1.29 is 19.4 Å². The maximum Gasteiger partial charge on any atom is 0.308 e. The number of ether oxygens (including phenoxy) is 1. The lowest BCUT2D eigenvalue weighted by molar-refractivity contribution is -0.142. The summed E-state index contributed by atoms with van der Waals surface area (Å²) in [6.45, 7) is 2.44. The fourth-order valence-electron chi connectivity index (χ4n) is 2.88. The highest BCUT2D eigenvalue weighted by Crippen LogP contribution is 2.34. The summed E-state index contributed by atoms with van der Waals surface area (Å²) in [5, 5.41) is 9.83. The molecule has 1 aliphatic heterocycles. The molecule has 0 bridgehead atoms. The number of benzene rings is 1. The number of aliphatic carboxylic acids is 1. The number of carbonyl (C=O) groups excluding carboxylic acids is 1. The van der Waals surface area contributed by atoms with Crippen molar-refractivity contribution in [3.63, 3.8) is 0 Å². The number of carboxylic acid groups (broad SMARTS) is 1. The molecule has 2 atom stereocenters. The van der Waals surface area contributed by atoms with Crippen molar-refractivity contribution in [2.45, 2.75) is 6.92 Å². The summed E-state index contributed by atoms with van der Waals surface area (Å²) in [6.07, 6.45) is 1.40. The Bertz CT molecular complexity index is 842. The first-order valence-corrected chi connectivity index (χ1v) is 8.72. The SMILES string of the molecule is C[C@@H]1CN(C(=O)c2ccc(Oc3cccc(Cl)c3Cl)nc2)C[C@H]1C(=O)O. The summed E-state index contributed by atoms with van der Waals surface area (Å²) in [5.74, 6) is -1.13. The minimum Gasteiger partial charge on any atom is -0.481 e. The molecule has 2 aromatic rings. The van der Waals surface area contributed by atoms with E-state index in [1.807, 2.05) is 6.92 Å². The average molecular weight is 395 g/mol. The Balaban J connectivity index is 1.71. The number of carboxylic acids is 1. The molecule has 1 N–H and O–H groups in total. The largest absolute Gasteiger partial charge is 0.481 e. The van der Waals surface area contributed by atoms with Gasteiger partial charge in [0, 0.05) is 25.4 Å². The lowest BCUT2D eigenvalue weighted by atomic mass is 9.99. The minimum absolute atomic E-state index is 0.0861. The molecular formula is C18H16Cl2N2O4. The van der Waals surface area contributed by atoms with Crippen LogP contribution in [-0.4, -0.2) is 40.0 Å². The van der Waals surface area contributed by atoms with E-state index in [1.165, 1.54) is 11.1 Å². The predicted molar refractivity (Wildman–Crippen MR) is 97.0 cm³/mol. The second kappa shape index (κ2) is 7.51. The van der Waals surface area contributed by atoms with Crippen LogP contribution in [0, 0.1) is 11.8 Å². The van der Waals surface area contributed by atoms with E-state index in [1.54, 1.807) is 30.3 Å². The number of amides is 1. The zero-order chi connectivity index (χ0) is 18.8. The molecule has 0 unspecified atom stereocenters. The number of rotatable bonds is 4. The zero-order valence-electron chi connectivity index (χ0n) is 13.9. The highest BCUT2D eigenvalue weighted by Gasteiger charge is 2.37. The summed E-state index contributed by atoms with van der Waals surface area (Å²) in [6, 6.07) is 8.15. The number of likely N-dealkylation sites (tertiary alicyclic amines) is 1. The third kappa shape index (κ3) is 3.76. The van der Waals surface area contributed by atoms with Crippen LogP contribution in [0.4, 0.5) is 0 Å². The lowest BCUT2D eigenvalue weighted by Crippen LogP contribution is -2.30. The van der Waals surface area contributed by atoms with Crippen LogP contribution in [0.1, 0.15) is 17.3 Å². The Labute approximate surface area is 160 Å². The third-order valence-corrected chi connectivity index (χ3v) is 5.13. The number of carbonyl (C=O) groups is 2. The van der Waals surface area contributed by atoms with E-state index in [-0.39, 0.29) is 29.3 Å². The second-order valence-electron chi connectivity index (χ2n) is 6.17. The Morgan fingerprint density at radius 2 is 2.00 bits per heavy atom. The molecule has 0 radical (unpaired) electrons. The van der Waals surface area contributed by atoms with Crippen LogP contribution in [0.25, 0.3) is 0 Å². The summed E-state index contributed by atoms with van der Waals surface area (Å²) >= 11 is 12.0. The fraction of sp³-hybridized carbons (Fsp3) is 0.278. The highest BCUT2D eigenvalue weighted by atomic mass is 35.5. The van der Waals surface area contributed by atoms with Crippen molar-refractivity contribution >= 4 is 35.1 Å². The molecule has 1 fully saturated rings.